The van der Waals surface area contributed by atoms with Crippen molar-refractivity contribution in [3.05, 3.63) is 65.5 Å². The maximum atomic E-state index is 12.6. The van der Waals surface area contributed by atoms with Gasteiger partial charge in [0.1, 0.15) is 11.7 Å². The molecule has 6 heteroatoms. The molecule has 6 nitrogen and oxygen atoms in total. The van der Waals surface area contributed by atoms with Crippen LogP contribution in [0, 0.1) is 6.92 Å². The molecule has 0 aliphatic heterocycles. The van der Waals surface area contributed by atoms with Crippen LogP contribution in [0.15, 0.2) is 48.7 Å². The third-order valence-electron chi connectivity index (χ3n) is 3.81. The lowest BCUT2D eigenvalue weighted by atomic mass is 10.0. The minimum Gasteiger partial charge on any atom is -0.382 e. The smallest absolute Gasteiger partial charge is 0.270 e. The maximum Gasteiger partial charge on any atom is 0.270 e. The zero-order chi connectivity index (χ0) is 18.8. The lowest BCUT2D eigenvalue weighted by molar-refractivity contribution is -0.123. The first-order valence-corrected chi connectivity index (χ1v) is 8.75. The number of rotatable bonds is 9. The molecular weight excluding hydrogens is 330 g/mol. The summed E-state index contributed by atoms with van der Waals surface area (Å²) in [6.45, 7) is 5.63. The summed E-state index contributed by atoms with van der Waals surface area (Å²) in [6.07, 6.45) is 2.26. The van der Waals surface area contributed by atoms with Gasteiger partial charge in [-0.3, -0.25) is 14.6 Å². The van der Waals surface area contributed by atoms with Gasteiger partial charge in [-0.15, -0.1) is 0 Å². The van der Waals surface area contributed by atoms with Crippen LogP contribution in [0.1, 0.15) is 41.0 Å². The van der Waals surface area contributed by atoms with Crippen LogP contribution in [0.25, 0.3) is 0 Å². The summed E-state index contributed by atoms with van der Waals surface area (Å²) in [4.78, 5) is 29.1. The van der Waals surface area contributed by atoms with E-state index in [1.807, 2.05) is 38.1 Å². The average Bonchev–Trinajstić information content (AvgIpc) is 2.67. The predicted octanol–water partition coefficient (Wildman–Crippen LogP) is 2.40. The van der Waals surface area contributed by atoms with Gasteiger partial charge < -0.3 is 15.4 Å². The number of aromatic nitrogens is 1. The van der Waals surface area contributed by atoms with E-state index < -0.39 is 6.04 Å². The molecule has 0 saturated heterocycles. The molecule has 1 aromatic heterocycles. The molecular formula is C20H25N3O3. The van der Waals surface area contributed by atoms with E-state index in [0.717, 1.165) is 11.1 Å². The van der Waals surface area contributed by atoms with Crippen molar-refractivity contribution in [2.45, 2.75) is 26.3 Å². The zero-order valence-electron chi connectivity index (χ0n) is 15.2. The van der Waals surface area contributed by atoms with Crippen molar-refractivity contribution in [1.29, 1.82) is 0 Å². The van der Waals surface area contributed by atoms with E-state index in [-0.39, 0.29) is 17.5 Å². The van der Waals surface area contributed by atoms with Crippen molar-refractivity contribution in [2.75, 3.05) is 19.8 Å². The Kier molecular flexibility index (Phi) is 7.76. The molecule has 0 aliphatic carbocycles. The summed E-state index contributed by atoms with van der Waals surface area (Å²) in [5.74, 6) is -0.643. The fourth-order valence-corrected chi connectivity index (χ4v) is 2.39. The topological polar surface area (TPSA) is 80.3 Å². The van der Waals surface area contributed by atoms with Gasteiger partial charge in [-0.1, -0.05) is 35.9 Å². The summed E-state index contributed by atoms with van der Waals surface area (Å²) < 4.78 is 5.27. The van der Waals surface area contributed by atoms with E-state index in [1.54, 1.807) is 24.4 Å². The van der Waals surface area contributed by atoms with Crippen molar-refractivity contribution in [1.82, 2.24) is 15.6 Å². The maximum absolute atomic E-state index is 12.6. The van der Waals surface area contributed by atoms with E-state index in [1.165, 1.54) is 0 Å². The molecule has 2 amide bonds. The number of amides is 2. The monoisotopic (exact) mass is 355 g/mol. The van der Waals surface area contributed by atoms with Gasteiger partial charge in [0.2, 0.25) is 5.91 Å². The average molecular weight is 355 g/mol. The second kappa shape index (κ2) is 10.3. The third kappa shape index (κ3) is 5.97. The van der Waals surface area contributed by atoms with E-state index in [4.69, 9.17) is 4.74 Å². The molecule has 2 rings (SSSR count). The highest BCUT2D eigenvalue weighted by atomic mass is 16.5. The molecule has 0 radical (unpaired) electrons. The quantitative estimate of drug-likeness (QED) is 0.677. The first kappa shape index (κ1) is 19.6. The van der Waals surface area contributed by atoms with Crippen molar-refractivity contribution in [3.8, 4) is 0 Å². The summed E-state index contributed by atoms with van der Waals surface area (Å²) in [5.41, 5.74) is 2.08. The standard InChI is InChI=1S/C20H25N3O3/c1-3-26-14-6-13-22-20(25)18(16-10-8-15(2)9-11-16)23-19(24)17-7-4-5-12-21-17/h4-5,7-12,18H,3,6,13-14H2,1-2H3,(H,22,25)(H,23,24)/t18-/m1/s1. The normalized spacial score (nSPS) is 11.6. The molecule has 2 aromatic rings. The Hall–Kier alpha value is -2.73. The largest absolute Gasteiger partial charge is 0.382 e. The molecule has 138 valence electrons. The Balaban J connectivity index is 2.07. The molecule has 0 unspecified atom stereocenters. The Labute approximate surface area is 154 Å². The van der Waals surface area contributed by atoms with Crippen LogP contribution < -0.4 is 10.6 Å². The first-order valence-electron chi connectivity index (χ1n) is 8.75. The highest BCUT2D eigenvalue weighted by molar-refractivity contribution is 5.96. The fourth-order valence-electron chi connectivity index (χ4n) is 2.39. The van der Waals surface area contributed by atoms with Crippen LogP contribution >= 0.6 is 0 Å². The number of ether oxygens (including phenoxy) is 1. The first-order chi connectivity index (χ1) is 12.6. The van der Waals surface area contributed by atoms with Crippen LogP contribution in [0.2, 0.25) is 0 Å². The van der Waals surface area contributed by atoms with Gasteiger partial charge in [-0.25, -0.2) is 0 Å². The highest BCUT2D eigenvalue weighted by Crippen LogP contribution is 2.15. The van der Waals surface area contributed by atoms with E-state index in [2.05, 4.69) is 15.6 Å². The molecule has 1 aromatic carbocycles. The molecule has 0 spiro atoms. The molecule has 0 bridgehead atoms. The van der Waals surface area contributed by atoms with E-state index >= 15 is 0 Å². The number of carbonyl (C=O) groups excluding carboxylic acids is 2. The van der Waals surface area contributed by atoms with Gasteiger partial charge in [-0.05, 0) is 38.0 Å². The number of nitrogens with one attached hydrogen (secondary N) is 2. The second-order valence-corrected chi connectivity index (χ2v) is 5.87. The molecule has 0 fully saturated rings. The summed E-state index contributed by atoms with van der Waals surface area (Å²) in [5, 5.41) is 5.63. The molecule has 0 aliphatic rings. The number of aryl methyl sites for hydroxylation is 1. The summed E-state index contributed by atoms with van der Waals surface area (Å²) in [7, 11) is 0. The van der Waals surface area contributed by atoms with Gasteiger partial charge in [0.15, 0.2) is 0 Å². The van der Waals surface area contributed by atoms with Gasteiger partial charge in [0.05, 0.1) is 0 Å². The molecule has 2 N–H and O–H groups in total. The molecule has 1 heterocycles. The third-order valence-corrected chi connectivity index (χ3v) is 3.81. The number of benzene rings is 1. The predicted molar refractivity (Wildman–Crippen MR) is 99.7 cm³/mol. The van der Waals surface area contributed by atoms with Crippen LogP contribution in [0.5, 0.6) is 0 Å². The van der Waals surface area contributed by atoms with Crippen LogP contribution in [-0.4, -0.2) is 36.6 Å². The second-order valence-electron chi connectivity index (χ2n) is 5.87. The minimum absolute atomic E-state index is 0.255. The fraction of sp³-hybridized carbons (Fsp3) is 0.350. The van der Waals surface area contributed by atoms with Gasteiger partial charge in [0.25, 0.3) is 5.91 Å². The number of nitrogens with zero attached hydrogens (tertiary/aromatic N) is 1. The SMILES string of the molecule is CCOCCCNC(=O)[C@H](NC(=O)c1ccccn1)c1ccc(C)cc1. The van der Waals surface area contributed by atoms with Crippen LogP contribution in [-0.2, 0) is 9.53 Å². The number of hydrogen-bond acceptors (Lipinski definition) is 4. The molecule has 0 saturated carbocycles. The van der Waals surface area contributed by atoms with E-state index in [0.29, 0.717) is 26.2 Å². The van der Waals surface area contributed by atoms with Crippen molar-refractivity contribution >= 4 is 11.8 Å². The van der Waals surface area contributed by atoms with Crippen molar-refractivity contribution < 1.29 is 14.3 Å². The van der Waals surface area contributed by atoms with Crippen molar-refractivity contribution in [3.63, 3.8) is 0 Å². The van der Waals surface area contributed by atoms with Crippen LogP contribution in [0.4, 0.5) is 0 Å². The Morgan fingerprint density at radius 3 is 2.58 bits per heavy atom. The Morgan fingerprint density at radius 2 is 1.92 bits per heavy atom. The lowest BCUT2D eigenvalue weighted by Gasteiger charge is -2.19. The van der Waals surface area contributed by atoms with Crippen molar-refractivity contribution in [2.24, 2.45) is 0 Å². The molecule has 26 heavy (non-hydrogen) atoms. The van der Waals surface area contributed by atoms with Gasteiger partial charge >= 0.3 is 0 Å². The zero-order valence-corrected chi connectivity index (χ0v) is 15.2. The summed E-state index contributed by atoms with van der Waals surface area (Å²) >= 11 is 0. The van der Waals surface area contributed by atoms with Gasteiger partial charge in [0, 0.05) is 26.0 Å². The van der Waals surface area contributed by atoms with Gasteiger partial charge in [-0.2, -0.15) is 0 Å². The Morgan fingerprint density at radius 1 is 1.15 bits per heavy atom. The molecule has 1 atom stereocenters. The van der Waals surface area contributed by atoms with Crippen LogP contribution in [0.3, 0.4) is 0 Å². The number of hydrogen-bond donors (Lipinski definition) is 2. The summed E-state index contributed by atoms with van der Waals surface area (Å²) in [6, 6.07) is 11.8. The number of pyridine rings is 1. The van der Waals surface area contributed by atoms with E-state index in [9.17, 15) is 9.59 Å². The minimum atomic E-state index is -0.780. The number of carbonyl (C=O) groups is 2. The highest BCUT2D eigenvalue weighted by Gasteiger charge is 2.23. The Bertz CT molecular complexity index is 702. The lowest BCUT2D eigenvalue weighted by Crippen LogP contribution is -2.41.